The van der Waals surface area contributed by atoms with Crippen molar-refractivity contribution >= 4 is 29.3 Å². The number of rotatable bonds is 6. The first kappa shape index (κ1) is 22.7. The van der Waals surface area contributed by atoms with Gasteiger partial charge in [0.2, 0.25) is 5.91 Å². The van der Waals surface area contributed by atoms with E-state index in [-0.39, 0.29) is 17.7 Å². The summed E-state index contributed by atoms with van der Waals surface area (Å²) < 4.78 is 13.7. The number of hydrogen-bond donors (Lipinski definition) is 1. The minimum Gasteiger partial charge on any atom is -0.352 e. The maximum absolute atomic E-state index is 13.7. The summed E-state index contributed by atoms with van der Waals surface area (Å²) in [6.07, 6.45) is 0.845. The van der Waals surface area contributed by atoms with Gasteiger partial charge in [-0.25, -0.2) is 4.39 Å². The maximum atomic E-state index is 13.7. The molecule has 6 nitrogen and oxygen atoms in total. The van der Waals surface area contributed by atoms with E-state index in [1.807, 2.05) is 0 Å². The monoisotopic (exact) mass is 445 g/mol. The molecule has 3 amide bonds. The standard InChI is InChI=1S/C23H25ClFN3O3/c1-16-4-5-18(15-20(16)25)23(31)28-13-11-27(12-14-28)21(29)3-2-10-26-22(30)17-6-8-19(24)9-7-17/h4-9,15H,2-3,10-14H2,1H3,(H,26,30). The van der Waals surface area contributed by atoms with E-state index in [4.69, 9.17) is 11.6 Å². The first-order valence-electron chi connectivity index (χ1n) is 10.2. The molecule has 0 radical (unpaired) electrons. The first-order valence-corrected chi connectivity index (χ1v) is 10.6. The molecule has 1 heterocycles. The second-order valence-electron chi connectivity index (χ2n) is 7.50. The summed E-state index contributed by atoms with van der Waals surface area (Å²) in [6, 6.07) is 11.1. The van der Waals surface area contributed by atoms with Crippen molar-refractivity contribution in [1.29, 1.82) is 0 Å². The fourth-order valence-corrected chi connectivity index (χ4v) is 3.50. The molecule has 2 aromatic carbocycles. The van der Waals surface area contributed by atoms with Gasteiger partial charge in [-0.1, -0.05) is 17.7 Å². The molecule has 0 unspecified atom stereocenters. The summed E-state index contributed by atoms with van der Waals surface area (Å²) in [4.78, 5) is 40.4. The second-order valence-corrected chi connectivity index (χ2v) is 7.94. The van der Waals surface area contributed by atoms with Gasteiger partial charge in [-0.2, -0.15) is 0 Å². The largest absolute Gasteiger partial charge is 0.352 e. The van der Waals surface area contributed by atoms with Crippen LogP contribution in [0.4, 0.5) is 4.39 Å². The molecule has 0 atom stereocenters. The van der Waals surface area contributed by atoms with E-state index in [1.165, 1.54) is 6.07 Å². The van der Waals surface area contributed by atoms with Gasteiger partial charge in [-0.15, -0.1) is 0 Å². The number of carbonyl (C=O) groups excluding carboxylic acids is 3. The van der Waals surface area contributed by atoms with E-state index in [0.29, 0.717) is 67.3 Å². The summed E-state index contributed by atoms with van der Waals surface area (Å²) in [5.74, 6) is -0.836. The van der Waals surface area contributed by atoms with Crippen molar-refractivity contribution in [3.05, 3.63) is 70.0 Å². The van der Waals surface area contributed by atoms with Crippen LogP contribution in [0.2, 0.25) is 5.02 Å². The van der Waals surface area contributed by atoms with Crippen molar-refractivity contribution in [3.8, 4) is 0 Å². The molecule has 1 fully saturated rings. The summed E-state index contributed by atoms with van der Waals surface area (Å²) in [5, 5.41) is 3.35. The fraction of sp³-hybridized carbons (Fsp3) is 0.348. The third-order valence-corrected chi connectivity index (χ3v) is 5.55. The van der Waals surface area contributed by atoms with E-state index >= 15 is 0 Å². The second kappa shape index (κ2) is 10.4. The molecule has 1 N–H and O–H groups in total. The Morgan fingerprint density at radius 2 is 1.58 bits per heavy atom. The highest BCUT2D eigenvalue weighted by molar-refractivity contribution is 6.30. The molecule has 31 heavy (non-hydrogen) atoms. The molecule has 3 rings (SSSR count). The number of halogens is 2. The number of nitrogens with one attached hydrogen (secondary N) is 1. The van der Waals surface area contributed by atoms with Crippen LogP contribution in [-0.2, 0) is 4.79 Å². The quantitative estimate of drug-likeness (QED) is 0.694. The van der Waals surface area contributed by atoms with Gasteiger partial charge in [-0.05, 0) is 55.3 Å². The van der Waals surface area contributed by atoms with Crippen LogP contribution in [0.3, 0.4) is 0 Å². The lowest BCUT2D eigenvalue weighted by atomic mass is 10.1. The van der Waals surface area contributed by atoms with E-state index in [1.54, 1.807) is 53.1 Å². The molecule has 0 aromatic heterocycles. The summed E-state index contributed by atoms with van der Waals surface area (Å²) in [5.41, 5.74) is 1.33. The van der Waals surface area contributed by atoms with Crippen LogP contribution in [-0.4, -0.2) is 60.2 Å². The van der Waals surface area contributed by atoms with Crippen LogP contribution in [0.5, 0.6) is 0 Å². The predicted molar refractivity (Wildman–Crippen MR) is 117 cm³/mol. The molecule has 2 aromatic rings. The molecule has 0 bridgehead atoms. The Balaban J connectivity index is 1.39. The molecule has 8 heteroatoms. The summed E-state index contributed by atoms with van der Waals surface area (Å²) in [6.45, 7) is 3.74. The number of hydrogen-bond acceptors (Lipinski definition) is 3. The zero-order valence-electron chi connectivity index (χ0n) is 17.4. The smallest absolute Gasteiger partial charge is 0.254 e. The predicted octanol–water partition coefficient (Wildman–Crippen LogP) is 3.28. The average molecular weight is 446 g/mol. The van der Waals surface area contributed by atoms with Crippen LogP contribution in [0.25, 0.3) is 0 Å². The van der Waals surface area contributed by atoms with Gasteiger partial charge in [0.25, 0.3) is 11.8 Å². The van der Waals surface area contributed by atoms with Crippen molar-refractivity contribution in [2.24, 2.45) is 0 Å². The van der Waals surface area contributed by atoms with Gasteiger partial charge in [0.1, 0.15) is 5.82 Å². The van der Waals surface area contributed by atoms with E-state index in [0.717, 1.165) is 0 Å². The highest BCUT2D eigenvalue weighted by Gasteiger charge is 2.25. The van der Waals surface area contributed by atoms with E-state index in [9.17, 15) is 18.8 Å². The minimum atomic E-state index is -0.400. The van der Waals surface area contributed by atoms with Gasteiger partial charge < -0.3 is 15.1 Å². The van der Waals surface area contributed by atoms with Crippen molar-refractivity contribution in [3.63, 3.8) is 0 Å². The molecule has 1 aliphatic rings. The van der Waals surface area contributed by atoms with Crippen molar-refractivity contribution in [2.45, 2.75) is 19.8 Å². The first-order chi connectivity index (χ1) is 14.8. The zero-order chi connectivity index (χ0) is 22.4. The maximum Gasteiger partial charge on any atom is 0.254 e. The van der Waals surface area contributed by atoms with Crippen LogP contribution in [0.1, 0.15) is 39.1 Å². The Kier molecular flexibility index (Phi) is 7.63. The Labute approximate surface area is 186 Å². The van der Waals surface area contributed by atoms with Gasteiger partial charge in [-0.3, -0.25) is 14.4 Å². The van der Waals surface area contributed by atoms with E-state index in [2.05, 4.69) is 5.32 Å². The lowest BCUT2D eigenvalue weighted by molar-refractivity contribution is -0.132. The Morgan fingerprint density at radius 1 is 0.968 bits per heavy atom. The lowest BCUT2D eigenvalue weighted by Crippen LogP contribution is -2.50. The van der Waals surface area contributed by atoms with Gasteiger partial charge in [0.05, 0.1) is 0 Å². The number of carbonyl (C=O) groups is 3. The highest BCUT2D eigenvalue weighted by atomic mass is 35.5. The van der Waals surface area contributed by atoms with Crippen LogP contribution >= 0.6 is 11.6 Å². The van der Waals surface area contributed by atoms with E-state index < -0.39 is 5.82 Å². The minimum absolute atomic E-state index is 0.00535. The van der Waals surface area contributed by atoms with Crippen molar-refractivity contribution in [1.82, 2.24) is 15.1 Å². The molecular weight excluding hydrogens is 421 g/mol. The molecule has 0 saturated carbocycles. The molecule has 0 spiro atoms. The number of amides is 3. The van der Waals surface area contributed by atoms with Gasteiger partial charge in [0, 0.05) is 55.3 Å². The molecule has 1 saturated heterocycles. The number of benzene rings is 2. The Morgan fingerprint density at radius 3 is 2.23 bits per heavy atom. The molecule has 0 aliphatic carbocycles. The molecule has 1 aliphatic heterocycles. The topological polar surface area (TPSA) is 69.7 Å². The van der Waals surface area contributed by atoms with Crippen LogP contribution < -0.4 is 5.32 Å². The Hall–Kier alpha value is -2.93. The molecular formula is C23H25ClFN3O3. The number of nitrogens with zero attached hydrogens (tertiary/aromatic N) is 2. The zero-order valence-corrected chi connectivity index (χ0v) is 18.1. The third-order valence-electron chi connectivity index (χ3n) is 5.30. The number of aryl methyl sites for hydroxylation is 1. The van der Waals surface area contributed by atoms with Crippen molar-refractivity contribution in [2.75, 3.05) is 32.7 Å². The average Bonchev–Trinajstić information content (AvgIpc) is 2.78. The Bertz CT molecular complexity index is 957. The van der Waals surface area contributed by atoms with Gasteiger partial charge in [0.15, 0.2) is 0 Å². The van der Waals surface area contributed by atoms with Gasteiger partial charge >= 0.3 is 0 Å². The third kappa shape index (κ3) is 6.04. The fourth-order valence-electron chi connectivity index (χ4n) is 3.37. The van der Waals surface area contributed by atoms with Crippen LogP contribution in [0.15, 0.2) is 42.5 Å². The number of piperazine rings is 1. The van der Waals surface area contributed by atoms with Crippen molar-refractivity contribution < 1.29 is 18.8 Å². The SMILES string of the molecule is Cc1ccc(C(=O)N2CCN(C(=O)CCCNC(=O)c3ccc(Cl)cc3)CC2)cc1F. The highest BCUT2D eigenvalue weighted by Crippen LogP contribution is 2.14. The van der Waals surface area contributed by atoms with Crippen LogP contribution in [0, 0.1) is 12.7 Å². The summed E-state index contributed by atoms with van der Waals surface area (Å²) >= 11 is 5.81. The summed E-state index contributed by atoms with van der Waals surface area (Å²) in [7, 11) is 0. The lowest BCUT2D eigenvalue weighted by Gasteiger charge is -2.35. The normalized spacial score (nSPS) is 13.8. The molecule has 164 valence electrons.